The summed E-state index contributed by atoms with van der Waals surface area (Å²) in [6.07, 6.45) is 1.20. The van der Waals surface area contributed by atoms with E-state index in [0.29, 0.717) is 13.0 Å². The van der Waals surface area contributed by atoms with Gasteiger partial charge in [-0.2, -0.15) is 0 Å². The molecule has 2 atom stereocenters. The lowest BCUT2D eigenvalue weighted by Crippen LogP contribution is -2.38. The first kappa shape index (κ1) is 15.5. The van der Waals surface area contributed by atoms with E-state index < -0.39 is 0 Å². The number of carbonyl (C=O) groups excluding carboxylic acids is 2. The van der Waals surface area contributed by atoms with Gasteiger partial charge in [-0.3, -0.25) is 9.59 Å². The maximum atomic E-state index is 12.2. The SMILES string of the molecule is CCC(C)NC(=O)C1CC(=O)N(c2cc(C)cc(C)c2)C1. The highest BCUT2D eigenvalue weighted by molar-refractivity contribution is 6.00. The summed E-state index contributed by atoms with van der Waals surface area (Å²) in [7, 11) is 0. The quantitative estimate of drug-likeness (QED) is 0.925. The Balaban J connectivity index is 2.10. The third-order valence-corrected chi connectivity index (χ3v) is 4.01. The van der Waals surface area contributed by atoms with Crippen molar-refractivity contribution in [3.8, 4) is 0 Å². The maximum absolute atomic E-state index is 12.2. The van der Waals surface area contributed by atoms with Crippen LogP contribution >= 0.6 is 0 Å². The van der Waals surface area contributed by atoms with Gasteiger partial charge >= 0.3 is 0 Å². The molecule has 0 saturated carbocycles. The van der Waals surface area contributed by atoms with Gasteiger partial charge in [0.1, 0.15) is 0 Å². The number of anilines is 1. The summed E-state index contributed by atoms with van der Waals surface area (Å²) in [5.74, 6) is -0.221. The highest BCUT2D eigenvalue weighted by atomic mass is 16.2. The van der Waals surface area contributed by atoms with Crippen LogP contribution in [-0.4, -0.2) is 24.4 Å². The molecule has 1 saturated heterocycles. The number of aryl methyl sites for hydroxylation is 2. The van der Waals surface area contributed by atoms with Crippen LogP contribution < -0.4 is 10.2 Å². The minimum atomic E-state index is -0.243. The van der Waals surface area contributed by atoms with Gasteiger partial charge in [-0.15, -0.1) is 0 Å². The molecule has 1 aliphatic rings. The first-order valence-corrected chi connectivity index (χ1v) is 7.59. The van der Waals surface area contributed by atoms with Crippen LogP contribution in [0, 0.1) is 19.8 Å². The molecular weight excluding hydrogens is 264 g/mol. The van der Waals surface area contributed by atoms with E-state index in [0.717, 1.165) is 23.2 Å². The monoisotopic (exact) mass is 288 g/mol. The van der Waals surface area contributed by atoms with Crippen LogP contribution in [0.2, 0.25) is 0 Å². The van der Waals surface area contributed by atoms with Gasteiger partial charge in [-0.1, -0.05) is 13.0 Å². The predicted octanol–water partition coefficient (Wildman–Crippen LogP) is 2.57. The highest BCUT2D eigenvalue weighted by Gasteiger charge is 2.35. The van der Waals surface area contributed by atoms with E-state index in [2.05, 4.69) is 11.4 Å². The first-order chi connectivity index (χ1) is 9.90. The van der Waals surface area contributed by atoms with Crippen LogP contribution in [0.5, 0.6) is 0 Å². The van der Waals surface area contributed by atoms with E-state index in [1.165, 1.54) is 0 Å². The van der Waals surface area contributed by atoms with Crippen molar-refractivity contribution in [2.75, 3.05) is 11.4 Å². The summed E-state index contributed by atoms with van der Waals surface area (Å²) in [6.45, 7) is 8.53. The standard InChI is InChI=1S/C17H24N2O2/c1-5-13(4)18-17(21)14-9-16(20)19(10-14)15-7-11(2)6-12(3)8-15/h6-8,13-14H,5,9-10H2,1-4H3,(H,18,21). The average molecular weight is 288 g/mol. The molecule has 2 amide bonds. The van der Waals surface area contributed by atoms with Gasteiger partial charge in [0.2, 0.25) is 11.8 Å². The summed E-state index contributed by atoms with van der Waals surface area (Å²) >= 11 is 0. The fourth-order valence-corrected chi connectivity index (χ4v) is 2.70. The van der Waals surface area contributed by atoms with Gasteiger partial charge in [0.25, 0.3) is 0 Å². The number of nitrogens with zero attached hydrogens (tertiary/aromatic N) is 1. The number of carbonyl (C=O) groups is 2. The van der Waals surface area contributed by atoms with E-state index in [-0.39, 0.29) is 23.8 Å². The molecule has 4 nitrogen and oxygen atoms in total. The van der Waals surface area contributed by atoms with E-state index in [4.69, 9.17) is 0 Å². The molecule has 2 rings (SSSR count). The predicted molar refractivity (Wildman–Crippen MR) is 84.3 cm³/mol. The molecule has 1 fully saturated rings. The summed E-state index contributed by atoms with van der Waals surface area (Å²) < 4.78 is 0. The van der Waals surface area contributed by atoms with Crippen LogP contribution in [-0.2, 0) is 9.59 Å². The first-order valence-electron chi connectivity index (χ1n) is 7.59. The normalized spacial score (nSPS) is 19.7. The number of hydrogen-bond acceptors (Lipinski definition) is 2. The fourth-order valence-electron chi connectivity index (χ4n) is 2.70. The number of nitrogens with one attached hydrogen (secondary N) is 1. The molecule has 4 heteroatoms. The van der Waals surface area contributed by atoms with Crippen molar-refractivity contribution in [3.05, 3.63) is 29.3 Å². The van der Waals surface area contributed by atoms with Crippen LogP contribution in [0.3, 0.4) is 0 Å². The van der Waals surface area contributed by atoms with Crippen molar-refractivity contribution in [1.82, 2.24) is 5.32 Å². The Bertz CT molecular complexity index is 533. The third-order valence-electron chi connectivity index (χ3n) is 4.01. The molecule has 1 N–H and O–H groups in total. The van der Waals surface area contributed by atoms with Gasteiger partial charge < -0.3 is 10.2 Å². The van der Waals surface area contributed by atoms with E-state index >= 15 is 0 Å². The fraction of sp³-hybridized carbons (Fsp3) is 0.529. The number of rotatable bonds is 4. The summed E-state index contributed by atoms with van der Waals surface area (Å²) in [5, 5.41) is 2.97. The Kier molecular flexibility index (Phi) is 4.66. The maximum Gasteiger partial charge on any atom is 0.227 e. The number of hydrogen-bond donors (Lipinski definition) is 1. The van der Waals surface area contributed by atoms with E-state index in [9.17, 15) is 9.59 Å². The smallest absolute Gasteiger partial charge is 0.227 e. The topological polar surface area (TPSA) is 49.4 Å². The van der Waals surface area contributed by atoms with Crippen LogP contribution in [0.1, 0.15) is 37.8 Å². The average Bonchev–Trinajstić information content (AvgIpc) is 2.79. The second-order valence-corrected chi connectivity index (χ2v) is 6.07. The van der Waals surface area contributed by atoms with Crippen molar-refractivity contribution in [2.45, 2.75) is 46.6 Å². The number of benzene rings is 1. The molecule has 1 aliphatic heterocycles. The molecule has 21 heavy (non-hydrogen) atoms. The zero-order chi connectivity index (χ0) is 15.6. The zero-order valence-electron chi connectivity index (χ0n) is 13.3. The van der Waals surface area contributed by atoms with Crippen LogP contribution in [0.15, 0.2) is 18.2 Å². The summed E-state index contributed by atoms with van der Waals surface area (Å²) in [4.78, 5) is 26.1. The molecule has 2 unspecified atom stereocenters. The Morgan fingerprint density at radius 3 is 2.52 bits per heavy atom. The minimum Gasteiger partial charge on any atom is -0.353 e. The summed E-state index contributed by atoms with van der Waals surface area (Å²) in [5.41, 5.74) is 3.16. The Hall–Kier alpha value is -1.84. The lowest BCUT2D eigenvalue weighted by atomic mass is 10.1. The lowest BCUT2D eigenvalue weighted by molar-refractivity contribution is -0.126. The van der Waals surface area contributed by atoms with Gasteiger partial charge in [-0.05, 0) is 50.5 Å². The molecule has 1 aromatic carbocycles. The Morgan fingerprint density at radius 2 is 1.95 bits per heavy atom. The lowest BCUT2D eigenvalue weighted by Gasteiger charge is -2.19. The minimum absolute atomic E-state index is 0.00965. The van der Waals surface area contributed by atoms with Gasteiger partial charge in [0.15, 0.2) is 0 Å². The van der Waals surface area contributed by atoms with Crippen molar-refractivity contribution >= 4 is 17.5 Å². The molecule has 114 valence electrons. The van der Waals surface area contributed by atoms with Crippen molar-refractivity contribution in [2.24, 2.45) is 5.92 Å². The van der Waals surface area contributed by atoms with Crippen molar-refractivity contribution in [3.63, 3.8) is 0 Å². The molecular formula is C17H24N2O2. The molecule has 0 bridgehead atoms. The second kappa shape index (κ2) is 6.29. The van der Waals surface area contributed by atoms with Crippen LogP contribution in [0.25, 0.3) is 0 Å². The van der Waals surface area contributed by atoms with Crippen molar-refractivity contribution < 1.29 is 9.59 Å². The molecule has 0 spiro atoms. The molecule has 0 radical (unpaired) electrons. The largest absolute Gasteiger partial charge is 0.353 e. The molecule has 0 aliphatic carbocycles. The zero-order valence-corrected chi connectivity index (χ0v) is 13.3. The molecule has 1 aromatic rings. The third kappa shape index (κ3) is 3.63. The van der Waals surface area contributed by atoms with Gasteiger partial charge in [0.05, 0.1) is 5.92 Å². The van der Waals surface area contributed by atoms with Gasteiger partial charge in [-0.25, -0.2) is 0 Å². The van der Waals surface area contributed by atoms with Gasteiger partial charge in [0, 0.05) is 24.7 Å². The molecule has 1 heterocycles. The Morgan fingerprint density at radius 1 is 1.33 bits per heavy atom. The van der Waals surface area contributed by atoms with Crippen LogP contribution in [0.4, 0.5) is 5.69 Å². The summed E-state index contributed by atoms with van der Waals surface area (Å²) in [6, 6.07) is 6.24. The number of amides is 2. The van der Waals surface area contributed by atoms with Crippen molar-refractivity contribution in [1.29, 1.82) is 0 Å². The Labute approximate surface area is 126 Å². The van der Waals surface area contributed by atoms with E-state index in [1.807, 2.05) is 39.8 Å². The molecule has 0 aromatic heterocycles. The second-order valence-electron chi connectivity index (χ2n) is 6.07. The highest BCUT2D eigenvalue weighted by Crippen LogP contribution is 2.27. The van der Waals surface area contributed by atoms with E-state index in [1.54, 1.807) is 4.90 Å².